The van der Waals surface area contributed by atoms with Gasteiger partial charge in [0.05, 0.1) is 13.2 Å². The van der Waals surface area contributed by atoms with Crippen molar-refractivity contribution < 1.29 is 4.74 Å². The minimum absolute atomic E-state index is 0.301. The van der Waals surface area contributed by atoms with Gasteiger partial charge in [0, 0.05) is 22.2 Å². The molecule has 1 aromatic heterocycles. The molecular weight excluding hydrogens is 296 g/mol. The number of nitrogens with one attached hydrogen (secondary N) is 1. The number of benzene rings is 2. The predicted molar refractivity (Wildman–Crippen MR) is 98.7 cm³/mol. The topological polar surface area (TPSA) is 28.3 Å². The molecule has 124 valence electrons. The molecule has 0 aliphatic carbocycles. The fourth-order valence-electron chi connectivity index (χ4n) is 4.00. The van der Waals surface area contributed by atoms with Crippen LogP contribution in [0.2, 0.25) is 0 Å². The number of likely N-dealkylation sites (tertiary alicyclic amines) is 1. The van der Waals surface area contributed by atoms with Gasteiger partial charge in [-0.3, -0.25) is 4.90 Å². The third-order valence-electron chi connectivity index (χ3n) is 5.15. The summed E-state index contributed by atoms with van der Waals surface area (Å²) in [6.45, 7) is 4.52. The Labute approximate surface area is 143 Å². The highest BCUT2D eigenvalue weighted by Gasteiger charge is 2.28. The zero-order chi connectivity index (χ0) is 16.5. The van der Waals surface area contributed by atoms with E-state index in [2.05, 4.69) is 65.3 Å². The predicted octanol–water partition coefficient (Wildman–Crippen LogP) is 4.67. The molecule has 1 aliphatic rings. The molecule has 3 aromatic rings. The van der Waals surface area contributed by atoms with Crippen molar-refractivity contribution in [3.8, 4) is 5.75 Å². The summed E-state index contributed by atoms with van der Waals surface area (Å²) in [5.74, 6) is 0.912. The average Bonchev–Trinajstić information content (AvgIpc) is 3.25. The van der Waals surface area contributed by atoms with E-state index in [9.17, 15) is 0 Å². The molecule has 0 radical (unpaired) electrons. The van der Waals surface area contributed by atoms with Crippen molar-refractivity contribution in [3.63, 3.8) is 0 Å². The van der Waals surface area contributed by atoms with Crippen molar-refractivity contribution in [1.82, 2.24) is 9.88 Å². The number of ether oxygens (including phenoxy) is 1. The van der Waals surface area contributed by atoms with Gasteiger partial charge in [-0.1, -0.05) is 30.3 Å². The van der Waals surface area contributed by atoms with Gasteiger partial charge in [0.1, 0.15) is 5.75 Å². The van der Waals surface area contributed by atoms with Crippen LogP contribution in [0.5, 0.6) is 5.75 Å². The van der Waals surface area contributed by atoms with Gasteiger partial charge in [-0.2, -0.15) is 0 Å². The molecule has 0 unspecified atom stereocenters. The van der Waals surface area contributed by atoms with Gasteiger partial charge < -0.3 is 9.72 Å². The van der Waals surface area contributed by atoms with Crippen molar-refractivity contribution in [2.24, 2.45) is 0 Å². The summed E-state index contributed by atoms with van der Waals surface area (Å²) in [7, 11) is 1.72. The molecular formula is C21H24N2O. The average molecular weight is 320 g/mol. The van der Waals surface area contributed by atoms with Gasteiger partial charge >= 0.3 is 0 Å². The summed E-state index contributed by atoms with van der Waals surface area (Å²) in [6.07, 6.45) is 2.57. The lowest BCUT2D eigenvalue weighted by molar-refractivity contribution is 0.281. The standard InChI is InChI=1S/C21H24N2O/c1-15-20(18-7-3-4-8-19(18)22-15)21(23-13-5-6-14-23)16-9-11-17(24-2)12-10-16/h3-4,7-12,21-22H,5-6,13-14H2,1-2H3/t21-/m1/s1. The number of aromatic nitrogens is 1. The Morgan fingerprint density at radius 3 is 2.42 bits per heavy atom. The maximum atomic E-state index is 5.34. The van der Waals surface area contributed by atoms with Crippen LogP contribution in [0.3, 0.4) is 0 Å². The number of hydrogen-bond donors (Lipinski definition) is 1. The molecule has 3 nitrogen and oxygen atoms in total. The Kier molecular flexibility index (Phi) is 4.03. The normalized spacial score (nSPS) is 16.6. The summed E-state index contributed by atoms with van der Waals surface area (Å²) < 4.78 is 5.34. The molecule has 0 saturated carbocycles. The first-order valence-electron chi connectivity index (χ1n) is 8.73. The highest BCUT2D eigenvalue weighted by atomic mass is 16.5. The first-order chi connectivity index (χ1) is 11.8. The minimum atomic E-state index is 0.301. The first-order valence-corrected chi connectivity index (χ1v) is 8.73. The summed E-state index contributed by atoms with van der Waals surface area (Å²) in [5.41, 5.74) is 5.25. The number of rotatable bonds is 4. The maximum Gasteiger partial charge on any atom is 0.118 e. The smallest absolute Gasteiger partial charge is 0.118 e. The van der Waals surface area contributed by atoms with Crippen LogP contribution < -0.4 is 4.74 Å². The van der Waals surface area contributed by atoms with Crippen LogP contribution in [-0.4, -0.2) is 30.1 Å². The van der Waals surface area contributed by atoms with E-state index < -0.39 is 0 Å². The van der Waals surface area contributed by atoms with Gasteiger partial charge in [-0.15, -0.1) is 0 Å². The highest BCUT2D eigenvalue weighted by molar-refractivity contribution is 5.85. The van der Waals surface area contributed by atoms with Crippen molar-refractivity contribution in [1.29, 1.82) is 0 Å². The maximum absolute atomic E-state index is 5.34. The van der Waals surface area contributed by atoms with Crippen LogP contribution in [0.15, 0.2) is 48.5 Å². The minimum Gasteiger partial charge on any atom is -0.497 e. The number of H-pyrrole nitrogens is 1. The number of fused-ring (bicyclic) bond motifs is 1. The van der Waals surface area contributed by atoms with Crippen LogP contribution in [0.25, 0.3) is 10.9 Å². The van der Waals surface area contributed by atoms with Crippen molar-refractivity contribution >= 4 is 10.9 Å². The van der Waals surface area contributed by atoms with E-state index in [-0.39, 0.29) is 0 Å². The Balaban J connectivity index is 1.86. The fourth-order valence-corrected chi connectivity index (χ4v) is 4.00. The summed E-state index contributed by atoms with van der Waals surface area (Å²) in [6, 6.07) is 17.5. The largest absolute Gasteiger partial charge is 0.497 e. The quantitative estimate of drug-likeness (QED) is 0.756. The van der Waals surface area contributed by atoms with E-state index in [4.69, 9.17) is 4.74 Å². The Hall–Kier alpha value is -2.26. The number of aryl methyl sites for hydroxylation is 1. The Morgan fingerprint density at radius 2 is 1.71 bits per heavy atom. The molecule has 3 heteroatoms. The van der Waals surface area contributed by atoms with Crippen molar-refractivity contribution in [2.75, 3.05) is 20.2 Å². The second kappa shape index (κ2) is 6.33. The number of aromatic amines is 1. The van der Waals surface area contributed by atoms with E-state index in [0.717, 1.165) is 18.8 Å². The monoisotopic (exact) mass is 320 g/mol. The van der Waals surface area contributed by atoms with Crippen LogP contribution in [-0.2, 0) is 0 Å². The van der Waals surface area contributed by atoms with Gasteiger partial charge in [-0.05, 0) is 56.6 Å². The molecule has 1 aliphatic heterocycles. The van der Waals surface area contributed by atoms with Crippen LogP contribution in [0.4, 0.5) is 0 Å². The lowest BCUT2D eigenvalue weighted by Gasteiger charge is -2.29. The molecule has 1 fully saturated rings. The van der Waals surface area contributed by atoms with E-state index in [1.165, 1.54) is 40.6 Å². The number of nitrogens with zero attached hydrogens (tertiary/aromatic N) is 1. The molecule has 0 bridgehead atoms. The first kappa shape index (κ1) is 15.3. The lowest BCUT2D eigenvalue weighted by Crippen LogP contribution is -2.27. The Morgan fingerprint density at radius 1 is 1.00 bits per heavy atom. The SMILES string of the molecule is COc1ccc([C@H](c2c(C)[nH]c3ccccc23)N2CCCC2)cc1. The Bertz CT molecular complexity index is 829. The molecule has 2 heterocycles. The molecule has 1 N–H and O–H groups in total. The van der Waals surface area contributed by atoms with Crippen LogP contribution in [0.1, 0.15) is 35.7 Å². The van der Waals surface area contributed by atoms with Crippen molar-refractivity contribution in [2.45, 2.75) is 25.8 Å². The second-order valence-electron chi connectivity index (χ2n) is 6.63. The van der Waals surface area contributed by atoms with Gasteiger partial charge in [0.15, 0.2) is 0 Å². The van der Waals surface area contributed by atoms with E-state index in [1.807, 2.05) is 0 Å². The van der Waals surface area contributed by atoms with Crippen molar-refractivity contribution in [3.05, 3.63) is 65.4 Å². The van der Waals surface area contributed by atoms with E-state index in [1.54, 1.807) is 7.11 Å². The van der Waals surface area contributed by atoms with Crippen LogP contribution >= 0.6 is 0 Å². The zero-order valence-electron chi connectivity index (χ0n) is 14.4. The molecule has 2 aromatic carbocycles. The molecule has 1 saturated heterocycles. The summed E-state index contributed by atoms with van der Waals surface area (Å²) >= 11 is 0. The highest BCUT2D eigenvalue weighted by Crippen LogP contribution is 2.38. The zero-order valence-corrected chi connectivity index (χ0v) is 14.4. The second-order valence-corrected chi connectivity index (χ2v) is 6.63. The molecule has 0 spiro atoms. The number of methoxy groups -OCH3 is 1. The molecule has 4 rings (SSSR count). The molecule has 0 amide bonds. The van der Waals surface area contributed by atoms with Gasteiger partial charge in [0.2, 0.25) is 0 Å². The number of hydrogen-bond acceptors (Lipinski definition) is 2. The fraction of sp³-hybridized carbons (Fsp3) is 0.333. The van der Waals surface area contributed by atoms with Crippen LogP contribution in [0, 0.1) is 6.92 Å². The lowest BCUT2D eigenvalue weighted by atomic mass is 9.94. The molecule has 1 atom stereocenters. The van der Waals surface area contributed by atoms with Gasteiger partial charge in [-0.25, -0.2) is 0 Å². The van der Waals surface area contributed by atoms with E-state index in [0.29, 0.717) is 6.04 Å². The number of para-hydroxylation sites is 1. The molecule has 24 heavy (non-hydrogen) atoms. The third kappa shape index (κ3) is 2.59. The summed E-state index contributed by atoms with van der Waals surface area (Å²) in [5, 5.41) is 1.34. The summed E-state index contributed by atoms with van der Waals surface area (Å²) in [4.78, 5) is 6.19. The third-order valence-corrected chi connectivity index (χ3v) is 5.15. The van der Waals surface area contributed by atoms with E-state index >= 15 is 0 Å². The van der Waals surface area contributed by atoms with Gasteiger partial charge in [0.25, 0.3) is 0 Å².